The normalized spacial score (nSPS) is 11.1. The Kier molecular flexibility index (Phi) is 5.98. The van der Waals surface area contributed by atoms with Gasteiger partial charge in [-0.05, 0) is 51.6 Å². The molecule has 0 spiro atoms. The minimum absolute atomic E-state index is 0.0373. The van der Waals surface area contributed by atoms with Crippen LogP contribution in [-0.2, 0) is 16.1 Å². The van der Waals surface area contributed by atoms with Crippen molar-refractivity contribution in [2.24, 2.45) is 0 Å². The van der Waals surface area contributed by atoms with E-state index >= 15 is 0 Å². The molecule has 7 nitrogen and oxygen atoms in total. The Labute approximate surface area is 162 Å². The summed E-state index contributed by atoms with van der Waals surface area (Å²) in [6.45, 7) is 5.00. The Bertz CT molecular complexity index is 932. The predicted octanol–water partition coefficient (Wildman–Crippen LogP) is 2.79. The first-order valence-corrected chi connectivity index (χ1v) is 9.45. The van der Waals surface area contributed by atoms with Gasteiger partial charge in [0.2, 0.25) is 0 Å². The molecule has 2 aromatic heterocycles. The fourth-order valence-electron chi connectivity index (χ4n) is 2.58. The summed E-state index contributed by atoms with van der Waals surface area (Å²) < 4.78 is 11.3. The van der Waals surface area contributed by atoms with Crippen molar-refractivity contribution >= 4 is 17.5 Å². The van der Waals surface area contributed by atoms with Crippen molar-refractivity contribution < 1.29 is 9.53 Å². The Morgan fingerprint density at radius 1 is 1.26 bits per heavy atom. The van der Waals surface area contributed by atoms with Gasteiger partial charge in [0.05, 0.1) is 5.69 Å². The number of benzene rings is 1. The first kappa shape index (κ1) is 19.2. The van der Waals surface area contributed by atoms with Gasteiger partial charge < -0.3 is 9.64 Å². The van der Waals surface area contributed by atoms with Crippen LogP contribution in [0, 0.1) is 13.8 Å². The maximum atomic E-state index is 12.1. The molecule has 0 fully saturated rings. The van der Waals surface area contributed by atoms with E-state index in [1.54, 1.807) is 4.68 Å². The summed E-state index contributed by atoms with van der Waals surface area (Å²) in [5, 5.41) is 5.24. The fraction of sp³-hybridized carbons (Fsp3) is 0.368. The second-order valence-corrected chi connectivity index (χ2v) is 7.40. The van der Waals surface area contributed by atoms with Gasteiger partial charge in [-0.1, -0.05) is 23.8 Å². The van der Waals surface area contributed by atoms with Gasteiger partial charge in [0.15, 0.2) is 5.82 Å². The molecule has 27 heavy (non-hydrogen) atoms. The zero-order valence-corrected chi connectivity index (χ0v) is 16.8. The van der Waals surface area contributed by atoms with Crippen LogP contribution in [0.2, 0.25) is 0 Å². The summed E-state index contributed by atoms with van der Waals surface area (Å²) in [6.07, 6.45) is 0. The minimum atomic E-state index is -0.324. The molecule has 142 valence electrons. The lowest BCUT2D eigenvalue weighted by atomic mass is 10.1. The summed E-state index contributed by atoms with van der Waals surface area (Å²) >= 11 is 1.34. The molecule has 0 amide bonds. The highest BCUT2D eigenvalue weighted by molar-refractivity contribution is 7.09. The number of hydrogen-bond acceptors (Lipinski definition) is 7. The van der Waals surface area contributed by atoms with E-state index in [9.17, 15) is 4.79 Å². The third-order valence-electron chi connectivity index (χ3n) is 3.90. The van der Waals surface area contributed by atoms with Crippen LogP contribution < -0.4 is 0 Å². The molecule has 0 bridgehead atoms. The number of aryl methyl sites for hydroxylation is 2. The molecule has 0 aliphatic carbocycles. The topological polar surface area (TPSA) is 73.1 Å². The summed E-state index contributed by atoms with van der Waals surface area (Å²) in [6, 6.07) is 10.0. The number of carbonyl (C=O) groups is 1. The van der Waals surface area contributed by atoms with E-state index in [0.717, 1.165) is 16.3 Å². The second-order valence-electron chi connectivity index (χ2n) is 6.64. The minimum Gasteiger partial charge on any atom is -0.463 e. The van der Waals surface area contributed by atoms with Gasteiger partial charge in [-0.2, -0.15) is 9.47 Å². The molecule has 0 unspecified atom stereocenters. The predicted molar refractivity (Wildman–Crippen MR) is 106 cm³/mol. The van der Waals surface area contributed by atoms with Gasteiger partial charge in [-0.15, -0.1) is 0 Å². The molecular formula is C19H23N5O2S. The zero-order chi connectivity index (χ0) is 19.4. The molecule has 0 saturated heterocycles. The second kappa shape index (κ2) is 8.41. The highest BCUT2D eigenvalue weighted by atomic mass is 32.1. The van der Waals surface area contributed by atoms with Crippen LogP contribution in [0.5, 0.6) is 0 Å². The lowest BCUT2D eigenvalue weighted by Gasteiger charge is -2.10. The van der Waals surface area contributed by atoms with Crippen molar-refractivity contribution in [1.82, 2.24) is 24.0 Å². The van der Waals surface area contributed by atoms with Crippen LogP contribution in [0.3, 0.4) is 0 Å². The maximum absolute atomic E-state index is 12.1. The number of likely N-dealkylation sites (N-methyl/N-ethyl adjacent to an activating group) is 1. The number of hydrogen-bond donors (Lipinski definition) is 0. The van der Waals surface area contributed by atoms with Gasteiger partial charge in [-0.3, -0.25) is 9.48 Å². The third-order valence-corrected chi connectivity index (χ3v) is 4.67. The highest BCUT2D eigenvalue weighted by Gasteiger charge is 2.17. The van der Waals surface area contributed by atoms with Crippen molar-refractivity contribution in [2.45, 2.75) is 20.4 Å². The fourth-order valence-corrected chi connectivity index (χ4v) is 3.25. The standard InChI is InChI=1S/C19H23N5O2S/c1-13-6-5-7-15(10-13)19-20-18(22-27-19)16-11-14(2)21-24(16)12-17(25)26-9-8-23(3)4/h5-7,10-11H,8-9,12H2,1-4H3. The van der Waals surface area contributed by atoms with Gasteiger partial charge in [0, 0.05) is 12.1 Å². The van der Waals surface area contributed by atoms with Gasteiger partial charge >= 0.3 is 5.97 Å². The van der Waals surface area contributed by atoms with Gasteiger partial charge in [0.1, 0.15) is 23.9 Å². The Morgan fingerprint density at radius 2 is 2.07 bits per heavy atom. The van der Waals surface area contributed by atoms with Crippen molar-refractivity contribution in [3.8, 4) is 22.1 Å². The molecule has 0 aliphatic rings. The number of rotatable bonds is 7. The van der Waals surface area contributed by atoms with E-state index in [0.29, 0.717) is 24.7 Å². The average molecular weight is 385 g/mol. The van der Waals surface area contributed by atoms with Crippen molar-refractivity contribution in [1.29, 1.82) is 0 Å². The number of carbonyl (C=O) groups excluding carboxylic acids is 1. The van der Waals surface area contributed by atoms with Crippen molar-refractivity contribution in [2.75, 3.05) is 27.2 Å². The van der Waals surface area contributed by atoms with Crippen LogP contribution in [-0.4, -0.2) is 57.3 Å². The summed E-state index contributed by atoms with van der Waals surface area (Å²) in [4.78, 5) is 18.7. The first-order chi connectivity index (χ1) is 12.9. The molecule has 3 rings (SSSR count). The van der Waals surface area contributed by atoms with Crippen LogP contribution in [0.1, 0.15) is 11.3 Å². The molecule has 0 N–H and O–H groups in total. The van der Waals surface area contributed by atoms with E-state index in [1.807, 2.05) is 57.1 Å². The molecule has 2 heterocycles. The Hall–Kier alpha value is -2.58. The van der Waals surface area contributed by atoms with Crippen molar-refractivity contribution in [3.05, 3.63) is 41.6 Å². The van der Waals surface area contributed by atoms with E-state index in [1.165, 1.54) is 17.1 Å². The molecule has 3 aromatic rings. The summed E-state index contributed by atoms with van der Waals surface area (Å²) in [5.74, 6) is 0.244. The largest absolute Gasteiger partial charge is 0.463 e. The molecule has 0 atom stereocenters. The summed E-state index contributed by atoms with van der Waals surface area (Å²) in [5.41, 5.74) is 3.72. The third kappa shape index (κ3) is 4.99. The molecule has 0 aliphatic heterocycles. The highest BCUT2D eigenvalue weighted by Crippen LogP contribution is 2.27. The van der Waals surface area contributed by atoms with Crippen LogP contribution in [0.25, 0.3) is 22.1 Å². The van der Waals surface area contributed by atoms with Gasteiger partial charge in [0.25, 0.3) is 0 Å². The molecular weight excluding hydrogens is 362 g/mol. The molecule has 1 aromatic carbocycles. The lowest BCUT2D eigenvalue weighted by molar-refractivity contribution is -0.144. The van der Waals surface area contributed by atoms with Crippen molar-refractivity contribution in [3.63, 3.8) is 0 Å². The zero-order valence-electron chi connectivity index (χ0n) is 16.0. The number of ether oxygens (including phenoxy) is 1. The van der Waals surface area contributed by atoms with Gasteiger partial charge in [-0.25, -0.2) is 4.98 Å². The Morgan fingerprint density at radius 3 is 2.81 bits per heavy atom. The van der Waals surface area contributed by atoms with Crippen LogP contribution in [0.4, 0.5) is 0 Å². The average Bonchev–Trinajstić information content (AvgIpc) is 3.21. The molecule has 8 heteroatoms. The maximum Gasteiger partial charge on any atom is 0.327 e. The monoisotopic (exact) mass is 385 g/mol. The lowest BCUT2D eigenvalue weighted by Crippen LogP contribution is -2.22. The van der Waals surface area contributed by atoms with E-state index in [-0.39, 0.29) is 12.5 Å². The number of nitrogens with zero attached hydrogens (tertiary/aromatic N) is 5. The van der Waals surface area contributed by atoms with E-state index < -0.39 is 0 Å². The van der Waals surface area contributed by atoms with E-state index in [2.05, 4.69) is 20.5 Å². The number of esters is 1. The quantitative estimate of drug-likeness (QED) is 0.582. The number of aromatic nitrogens is 4. The SMILES string of the molecule is Cc1cccc(-c2nc(-c3cc(C)nn3CC(=O)OCCN(C)C)ns2)c1. The first-order valence-electron chi connectivity index (χ1n) is 8.68. The Balaban J connectivity index is 1.77. The van der Waals surface area contributed by atoms with E-state index in [4.69, 9.17) is 4.74 Å². The molecule has 0 radical (unpaired) electrons. The summed E-state index contributed by atoms with van der Waals surface area (Å²) in [7, 11) is 3.87. The smallest absolute Gasteiger partial charge is 0.327 e. The van der Waals surface area contributed by atoms with Crippen LogP contribution in [0.15, 0.2) is 30.3 Å². The molecule has 0 saturated carbocycles. The van der Waals surface area contributed by atoms with Crippen LogP contribution >= 0.6 is 11.5 Å².